The molecule has 4 heteroatoms. The van der Waals surface area contributed by atoms with E-state index in [0.717, 1.165) is 0 Å². The van der Waals surface area contributed by atoms with Gasteiger partial charge in [-0.2, -0.15) is 0 Å². The molecule has 0 fully saturated rings. The molecule has 0 aromatic heterocycles. The molecule has 67 valence electrons. The van der Waals surface area contributed by atoms with E-state index in [1.807, 2.05) is 0 Å². The van der Waals surface area contributed by atoms with Gasteiger partial charge in [-0.05, 0) is 6.42 Å². The second kappa shape index (κ2) is 5.38. The number of hydrogen-bond donors (Lipinski definition) is 0. The van der Waals surface area contributed by atoms with E-state index >= 15 is 0 Å². The zero-order valence-corrected chi connectivity index (χ0v) is 6.07. The molecule has 2 atom stereocenters. The summed E-state index contributed by atoms with van der Waals surface area (Å²) in [5, 5.41) is 0. The maximum absolute atomic E-state index is 12.4. The molecule has 0 aromatic carbocycles. The fourth-order valence-electron chi connectivity index (χ4n) is 0.656. The maximum atomic E-state index is 12.4. The van der Waals surface area contributed by atoms with E-state index in [1.165, 1.54) is 0 Å². The quantitative estimate of drug-likeness (QED) is 0.558. The summed E-state index contributed by atoms with van der Waals surface area (Å²) in [6.07, 6.45) is -7.28. The van der Waals surface area contributed by atoms with Crippen molar-refractivity contribution in [3.63, 3.8) is 0 Å². The normalized spacial score (nSPS) is 16.9. The predicted molar refractivity (Wildman–Crippen MR) is 35.0 cm³/mol. The molecule has 0 nitrogen and oxygen atoms in total. The second-order valence-electron chi connectivity index (χ2n) is 2.29. The Bertz CT molecular complexity index is 94.4. The third kappa shape index (κ3) is 4.22. The van der Waals surface area contributed by atoms with E-state index in [4.69, 9.17) is 0 Å². The lowest BCUT2D eigenvalue weighted by molar-refractivity contribution is 0.000729. The van der Waals surface area contributed by atoms with Crippen molar-refractivity contribution < 1.29 is 17.6 Å². The van der Waals surface area contributed by atoms with Gasteiger partial charge in [0.1, 0.15) is 6.17 Å². The van der Waals surface area contributed by atoms with Crippen LogP contribution < -0.4 is 0 Å². The van der Waals surface area contributed by atoms with Gasteiger partial charge in [0.25, 0.3) is 6.43 Å². The van der Waals surface area contributed by atoms with Gasteiger partial charge in [-0.3, -0.25) is 0 Å². The number of halogens is 4. The molecule has 0 aliphatic rings. The minimum absolute atomic E-state index is 0.172. The number of rotatable bonds is 5. The van der Waals surface area contributed by atoms with E-state index in [2.05, 4.69) is 6.92 Å². The molecular weight excluding hydrogens is 160 g/mol. The van der Waals surface area contributed by atoms with Crippen LogP contribution in [-0.4, -0.2) is 18.8 Å². The molecule has 0 heterocycles. The highest BCUT2D eigenvalue weighted by molar-refractivity contribution is 4.70. The van der Waals surface area contributed by atoms with Crippen molar-refractivity contribution in [2.24, 2.45) is 0 Å². The minimum atomic E-state index is -3.21. The van der Waals surface area contributed by atoms with Crippen molar-refractivity contribution >= 4 is 0 Å². The highest BCUT2D eigenvalue weighted by atomic mass is 19.3. The van der Waals surface area contributed by atoms with Crippen molar-refractivity contribution in [1.82, 2.24) is 0 Å². The van der Waals surface area contributed by atoms with Crippen LogP contribution in [0.15, 0.2) is 0 Å². The topological polar surface area (TPSA) is 0 Å². The van der Waals surface area contributed by atoms with E-state index in [-0.39, 0.29) is 6.42 Å². The Balaban J connectivity index is 3.55. The van der Waals surface area contributed by atoms with Gasteiger partial charge in [-0.25, -0.2) is 17.6 Å². The smallest absolute Gasteiger partial charge is 0.244 e. The van der Waals surface area contributed by atoms with Crippen molar-refractivity contribution in [2.75, 3.05) is 0 Å². The lowest BCUT2D eigenvalue weighted by atomic mass is 10.1. The Morgan fingerprint density at radius 1 is 1.09 bits per heavy atom. The van der Waals surface area contributed by atoms with Gasteiger partial charge in [-0.15, -0.1) is 0 Å². The third-order valence-electron chi connectivity index (χ3n) is 1.32. The first-order chi connectivity index (χ1) is 5.09. The molecule has 1 unspecified atom stereocenters. The molecule has 0 bridgehead atoms. The fourth-order valence-corrected chi connectivity index (χ4v) is 0.656. The number of hydrogen-bond acceptors (Lipinski definition) is 0. The van der Waals surface area contributed by atoms with Crippen molar-refractivity contribution in [3.8, 4) is 0 Å². The SMILES string of the molecule is [CH2]CCCC(F)[C@H](F)C(F)F. The summed E-state index contributed by atoms with van der Waals surface area (Å²) in [5.41, 5.74) is 0. The van der Waals surface area contributed by atoms with Crippen LogP contribution in [0.3, 0.4) is 0 Å². The summed E-state index contributed by atoms with van der Waals surface area (Å²) in [4.78, 5) is 0. The fraction of sp³-hybridized carbons (Fsp3) is 0.857. The molecule has 0 saturated heterocycles. The molecule has 0 rings (SSSR count). The molecule has 0 aliphatic heterocycles. The van der Waals surface area contributed by atoms with Crippen LogP contribution in [0.2, 0.25) is 0 Å². The lowest BCUT2D eigenvalue weighted by Crippen LogP contribution is -2.24. The molecule has 0 spiro atoms. The van der Waals surface area contributed by atoms with Gasteiger partial charge in [-0.1, -0.05) is 19.8 Å². The Hall–Kier alpha value is -0.280. The Kier molecular flexibility index (Phi) is 5.24. The van der Waals surface area contributed by atoms with Crippen molar-refractivity contribution in [2.45, 2.75) is 38.0 Å². The third-order valence-corrected chi connectivity index (χ3v) is 1.32. The molecule has 0 aromatic rings. The van der Waals surface area contributed by atoms with Gasteiger partial charge >= 0.3 is 0 Å². The van der Waals surface area contributed by atoms with Crippen LogP contribution in [0.25, 0.3) is 0 Å². The lowest BCUT2D eigenvalue weighted by Gasteiger charge is -2.11. The Labute approximate surface area is 63.6 Å². The molecule has 0 N–H and O–H groups in total. The Morgan fingerprint density at radius 2 is 1.64 bits per heavy atom. The molecular formula is C7H11F4. The van der Waals surface area contributed by atoms with Crippen molar-refractivity contribution in [3.05, 3.63) is 6.92 Å². The van der Waals surface area contributed by atoms with E-state index in [0.29, 0.717) is 12.8 Å². The summed E-state index contributed by atoms with van der Waals surface area (Å²) >= 11 is 0. The predicted octanol–water partition coefficient (Wildman–Crippen LogP) is 2.93. The summed E-state index contributed by atoms with van der Waals surface area (Å²) in [6, 6.07) is 0. The van der Waals surface area contributed by atoms with Gasteiger partial charge in [0.15, 0.2) is 6.17 Å². The highest BCUT2D eigenvalue weighted by Crippen LogP contribution is 2.17. The molecule has 1 radical (unpaired) electrons. The zero-order valence-electron chi connectivity index (χ0n) is 6.07. The van der Waals surface area contributed by atoms with Crippen LogP contribution in [0, 0.1) is 6.92 Å². The van der Waals surface area contributed by atoms with Crippen LogP contribution >= 0.6 is 0 Å². The second-order valence-corrected chi connectivity index (χ2v) is 2.29. The first-order valence-electron chi connectivity index (χ1n) is 3.45. The maximum Gasteiger partial charge on any atom is 0.272 e. The standard InChI is InChI=1S/C7H11F4/c1-2-3-4-5(8)6(9)7(10)11/h5-7H,1-4H2/t5?,6-/m0/s1. The van der Waals surface area contributed by atoms with Crippen molar-refractivity contribution in [1.29, 1.82) is 0 Å². The van der Waals surface area contributed by atoms with E-state index in [1.54, 1.807) is 0 Å². The van der Waals surface area contributed by atoms with E-state index < -0.39 is 18.8 Å². The van der Waals surface area contributed by atoms with Gasteiger partial charge in [0, 0.05) is 0 Å². The van der Waals surface area contributed by atoms with Gasteiger partial charge in [0.05, 0.1) is 0 Å². The van der Waals surface area contributed by atoms with Crippen LogP contribution in [-0.2, 0) is 0 Å². The largest absolute Gasteiger partial charge is 0.272 e. The highest BCUT2D eigenvalue weighted by Gasteiger charge is 2.28. The average Bonchev–Trinajstić information content (AvgIpc) is 1.98. The van der Waals surface area contributed by atoms with Gasteiger partial charge in [0.2, 0.25) is 0 Å². The summed E-state index contributed by atoms with van der Waals surface area (Å²) in [6.45, 7) is 3.39. The summed E-state index contributed by atoms with van der Waals surface area (Å²) in [7, 11) is 0. The molecule has 0 saturated carbocycles. The number of alkyl halides is 4. The molecule has 0 amide bonds. The van der Waals surface area contributed by atoms with Gasteiger partial charge < -0.3 is 0 Å². The first-order valence-corrected chi connectivity index (χ1v) is 3.45. The van der Waals surface area contributed by atoms with E-state index in [9.17, 15) is 17.6 Å². The average molecular weight is 171 g/mol. The Morgan fingerprint density at radius 3 is 2.00 bits per heavy atom. The summed E-state index contributed by atoms with van der Waals surface area (Å²) in [5.74, 6) is 0. The summed E-state index contributed by atoms with van der Waals surface area (Å²) < 4.78 is 47.4. The zero-order chi connectivity index (χ0) is 8.85. The van der Waals surface area contributed by atoms with Crippen LogP contribution in [0.5, 0.6) is 0 Å². The number of unbranched alkanes of at least 4 members (excludes halogenated alkanes) is 1. The molecule has 0 aliphatic carbocycles. The van der Waals surface area contributed by atoms with Crippen LogP contribution in [0.1, 0.15) is 19.3 Å². The first kappa shape index (κ1) is 10.7. The monoisotopic (exact) mass is 171 g/mol. The minimum Gasteiger partial charge on any atom is -0.244 e. The van der Waals surface area contributed by atoms with Crippen LogP contribution in [0.4, 0.5) is 17.6 Å². The molecule has 11 heavy (non-hydrogen) atoms.